The van der Waals surface area contributed by atoms with E-state index in [0.717, 1.165) is 24.2 Å². The maximum Gasteiger partial charge on any atom is 0.312 e. The molecule has 4 aliphatic rings. The summed E-state index contributed by atoms with van der Waals surface area (Å²) in [4.78, 5) is 50.5. The number of hydrogen-bond acceptors (Lipinski definition) is 22. The van der Waals surface area contributed by atoms with Crippen molar-refractivity contribution in [3.8, 4) is 40.2 Å². The number of phenolic OH excluding ortho intramolecular Hbond substituents is 3. The van der Waals surface area contributed by atoms with E-state index in [-0.39, 0.29) is 50.4 Å². The number of methoxy groups -OCH3 is 4. The third kappa shape index (κ3) is 13.1. The molecule has 0 saturated carbocycles. The highest BCUT2D eigenvalue weighted by atomic mass is 16.7. The summed E-state index contributed by atoms with van der Waals surface area (Å²) in [7, 11) is 8.12. The molecule has 80 heavy (non-hydrogen) atoms. The van der Waals surface area contributed by atoms with Gasteiger partial charge < -0.3 is 80.4 Å². The number of carbonyl (C=O) groups is 3. The third-order valence-electron chi connectivity index (χ3n) is 14.9. The number of nitrogens with two attached hydrogens (primary N) is 2. The van der Waals surface area contributed by atoms with Gasteiger partial charge in [-0.05, 0) is 44.7 Å². The van der Waals surface area contributed by atoms with E-state index in [0.29, 0.717) is 42.6 Å². The van der Waals surface area contributed by atoms with Crippen molar-refractivity contribution in [2.45, 2.75) is 92.0 Å². The van der Waals surface area contributed by atoms with Crippen molar-refractivity contribution in [2.24, 2.45) is 28.8 Å². The van der Waals surface area contributed by atoms with Crippen molar-refractivity contribution in [1.29, 1.82) is 0 Å². The summed E-state index contributed by atoms with van der Waals surface area (Å²) in [5, 5.41) is 66.8. The number of fused-ring (bicyclic) bond motifs is 14. The number of carbonyl (C=O) groups excluding carboxylic acids is 3. The van der Waals surface area contributed by atoms with E-state index in [1.807, 2.05) is 19.2 Å². The third-order valence-corrected chi connectivity index (χ3v) is 14.9. The summed E-state index contributed by atoms with van der Waals surface area (Å²) in [6.07, 6.45) is 7.00. The molecule has 1 amide bonds. The van der Waals surface area contributed by atoms with Gasteiger partial charge in [0.1, 0.15) is 29.2 Å². The Morgan fingerprint density at radius 1 is 0.900 bits per heavy atom. The molecule has 5 bridgehead atoms. The number of likely N-dealkylation sites (N-methyl/N-ethyl adjacent to an activating group) is 1. The molecule has 1 saturated heterocycles. The average molecular weight is 1110 g/mol. The molecule has 1 fully saturated rings. The van der Waals surface area contributed by atoms with Gasteiger partial charge in [0.15, 0.2) is 17.2 Å². The van der Waals surface area contributed by atoms with Gasteiger partial charge in [-0.1, -0.05) is 45.9 Å². The minimum atomic E-state index is -2.04. The first-order valence-corrected chi connectivity index (χ1v) is 26.0. The lowest BCUT2D eigenvalue weighted by Gasteiger charge is -2.38. The standard InChI is InChI=1S/C43H58N4O12.C14H18N4O3/c1-21-12-11-13-22(2)42(55)45-33-28(20-44-47-17-15-46(9)16-18-47)37(52)30-31(38(33)53)36(51)26(6)40-32(30)41(54)43(8,59-40)57-19-14-29(56-10)23(3)39(58-27(7)48)25(5)35(50)24(4)34(21)49;1-19-10-5-8(6-11(20-2)12(10)21-3)4-9-7-17-14(16)18-13(9)15/h11-14,19-21,23-25,29,34-35,39,49-53H,15-18H2,1-10H3,(H,45,55);5-7H,4H2,1-3H3,(H4,15,16,17,18)/b12-11+,19-14+,22-13-,44-20-;/t21-,23-,24-,25-,29+,34+,35+,39-,43+;/m1./s1. The predicted molar refractivity (Wildman–Crippen MR) is 300 cm³/mol. The number of Topliss-reactive ketones (excluding diaryl/α,β-unsaturated/α-hetero) is 1. The number of allylic oxidation sites excluding steroid dienone is 2. The molecule has 0 unspecified atom stereocenters. The van der Waals surface area contributed by atoms with Crippen LogP contribution in [0.4, 0.5) is 17.5 Å². The van der Waals surface area contributed by atoms with Gasteiger partial charge in [0.05, 0.1) is 74.3 Å². The van der Waals surface area contributed by atoms with Crippen molar-refractivity contribution in [3.05, 3.63) is 82.3 Å². The van der Waals surface area contributed by atoms with Crippen molar-refractivity contribution >= 4 is 52.1 Å². The van der Waals surface area contributed by atoms with E-state index in [1.54, 1.807) is 72.4 Å². The summed E-state index contributed by atoms with van der Waals surface area (Å²) >= 11 is 0. The van der Waals surface area contributed by atoms with Crippen LogP contribution in [-0.4, -0.2) is 161 Å². The van der Waals surface area contributed by atoms with Gasteiger partial charge in [0.2, 0.25) is 11.7 Å². The number of ether oxygens (including phenoxy) is 7. The van der Waals surface area contributed by atoms with Gasteiger partial charge in [-0.3, -0.25) is 19.4 Å². The summed E-state index contributed by atoms with van der Waals surface area (Å²) in [5.41, 5.74) is 12.7. The highest BCUT2D eigenvalue weighted by Crippen LogP contribution is 2.55. The lowest BCUT2D eigenvalue weighted by Crippen LogP contribution is -2.46. The minimum Gasteiger partial charge on any atom is -0.507 e. The maximum atomic E-state index is 14.4. The molecule has 4 aromatic rings. The van der Waals surface area contributed by atoms with Crippen LogP contribution in [0.5, 0.6) is 40.2 Å². The second-order valence-corrected chi connectivity index (χ2v) is 20.5. The number of ketones is 1. The fraction of sp³-hybridized carbons (Fsp3) is 0.474. The quantitative estimate of drug-likeness (QED) is 0.0438. The number of esters is 1. The molecule has 8 rings (SSSR count). The summed E-state index contributed by atoms with van der Waals surface area (Å²) < 4.78 is 39.5. The molecule has 0 aliphatic carbocycles. The average Bonchev–Trinajstić information content (AvgIpc) is 3.91. The molecule has 3 aromatic carbocycles. The zero-order chi connectivity index (χ0) is 59.1. The Kier molecular flexibility index (Phi) is 19.9. The Morgan fingerprint density at radius 3 is 2.14 bits per heavy atom. The topological polar surface area (TPSA) is 326 Å². The normalized spacial score (nSPS) is 26.3. The first kappa shape index (κ1) is 61.4. The van der Waals surface area contributed by atoms with Crippen LogP contribution in [0.3, 0.4) is 0 Å². The van der Waals surface area contributed by atoms with Crippen LogP contribution in [0.2, 0.25) is 0 Å². The van der Waals surface area contributed by atoms with Crippen LogP contribution in [-0.2, 0) is 30.2 Å². The lowest BCUT2D eigenvalue weighted by molar-refractivity contribution is -0.160. The number of nitrogen functional groups attached to an aromatic ring is 2. The highest BCUT2D eigenvalue weighted by molar-refractivity contribution is 6.24. The molecule has 9 atom stereocenters. The number of hydrogen-bond donors (Lipinski definition) is 8. The summed E-state index contributed by atoms with van der Waals surface area (Å²) in [5.74, 6) is -6.11. The monoisotopic (exact) mass is 1110 g/mol. The number of hydrazone groups is 1. The number of aliphatic hydroxyl groups excluding tert-OH is 2. The Morgan fingerprint density at radius 2 is 1.55 bits per heavy atom. The van der Waals surface area contributed by atoms with Gasteiger partial charge in [-0.25, -0.2) is 4.98 Å². The molecule has 1 aromatic heterocycles. The number of anilines is 3. The van der Waals surface area contributed by atoms with Crippen LogP contribution >= 0.6 is 0 Å². The van der Waals surface area contributed by atoms with Gasteiger partial charge in [-0.2, -0.15) is 10.1 Å². The van der Waals surface area contributed by atoms with E-state index in [2.05, 4.69) is 25.3 Å². The van der Waals surface area contributed by atoms with Crippen molar-refractivity contribution in [3.63, 3.8) is 0 Å². The Balaban J connectivity index is 0.000000410. The molecule has 5 heterocycles. The first-order chi connectivity index (χ1) is 37.8. The Labute approximate surface area is 465 Å². The van der Waals surface area contributed by atoms with Crippen LogP contribution < -0.4 is 35.7 Å². The number of nitrogens with zero attached hydrogens (tertiary/aromatic N) is 5. The lowest BCUT2D eigenvalue weighted by atomic mass is 9.78. The van der Waals surface area contributed by atoms with E-state index in [9.17, 15) is 39.9 Å². The van der Waals surface area contributed by atoms with Gasteiger partial charge in [-0.15, -0.1) is 0 Å². The summed E-state index contributed by atoms with van der Waals surface area (Å²) in [6.45, 7) is 15.1. The second kappa shape index (κ2) is 25.9. The smallest absolute Gasteiger partial charge is 0.312 e. The fourth-order valence-electron chi connectivity index (χ4n) is 9.95. The zero-order valence-electron chi connectivity index (χ0n) is 47.6. The Hall–Kier alpha value is -7.86. The highest BCUT2D eigenvalue weighted by Gasteiger charge is 2.50. The number of aromatic nitrogens is 2. The molecule has 23 heteroatoms. The Bertz CT molecular complexity index is 3040. The summed E-state index contributed by atoms with van der Waals surface area (Å²) in [6, 6.07) is 3.72. The molecular weight excluding hydrogens is 1040 g/mol. The largest absolute Gasteiger partial charge is 0.507 e. The van der Waals surface area contributed by atoms with Gasteiger partial charge >= 0.3 is 11.8 Å². The van der Waals surface area contributed by atoms with Crippen LogP contribution in [0, 0.1) is 30.6 Å². The van der Waals surface area contributed by atoms with Crippen LogP contribution in [0.1, 0.15) is 81.1 Å². The number of aliphatic hydroxyl groups is 2. The van der Waals surface area contributed by atoms with E-state index < -0.39 is 88.8 Å². The van der Waals surface area contributed by atoms with Crippen LogP contribution in [0.25, 0.3) is 10.8 Å². The fourth-order valence-corrected chi connectivity index (χ4v) is 9.95. The van der Waals surface area contributed by atoms with Crippen LogP contribution in [0.15, 0.2) is 59.6 Å². The van der Waals surface area contributed by atoms with E-state index in [4.69, 9.17) is 44.6 Å². The van der Waals surface area contributed by atoms with Crippen molar-refractivity contribution in [1.82, 2.24) is 19.9 Å². The number of amides is 1. The number of nitrogens with one attached hydrogen (secondary N) is 1. The molecule has 4 aliphatic heterocycles. The molecule has 0 radical (unpaired) electrons. The van der Waals surface area contributed by atoms with E-state index in [1.165, 1.54) is 59.4 Å². The second-order valence-electron chi connectivity index (χ2n) is 20.5. The van der Waals surface area contributed by atoms with Gasteiger partial charge in [0, 0.05) is 106 Å². The van der Waals surface area contributed by atoms with E-state index >= 15 is 0 Å². The number of phenols is 3. The predicted octanol–water partition coefficient (Wildman–Crippen LogP) is 5.59. The molecule has 434 valence electrons. The molecule has 23 nitrogen and oxygen atoms in total. The zero-order valence-corrected chi connectivity index (χ0v) is 47.6. The molecule has 0 spiro atoms. The van der Waals surface area contributed by atoms with Crippen molar-refractivity contribution < 1.29 is 73.1 Å². The number of rotatable bonds is 9. The first-order valence-electron chi connectivity index (χ1n) is 26.0. The minimum absolute atomic E-state index is 0.0559. The van der Waals surface area contributed by atoms with Gasteiger partial charge in [0.25, 0.3) is 11.7 Å². The molecule has 10 N–H and O–H groups in total. The maximum absolute atomic E-state index is 14.4. The molecular formula is C57H76N8O15. The number of benzene rings is 3. The SMILES string of the molecule is CO[C@H]1/C=C/O[C@@]2(C)Oc3c(C)c(O)c4c(O)c(c(/C=N\N5CCN(C)CC5)c(O)c4c3C2=O)NC(=O)/C(C)=C\C=C\[C@@H](C)[C@H](O)[C@@H](C)[C@H](O)[C@@H](C)[C@H](OC(C)=O)[C@@H]1C.COc1cc(Cc2cnc(N)nc2N)cc(OC)c1OC. The van der Waals surface area contributed by atoms with Crippen molar-refractivity contribution in [2.75, 3.05) is 78.5 Å². The number of aromatic hydroxyl groups is 3. The number of piperazine rings is 1.